The Morgan fingerprint density at radius 2 is 1.55 bits per heavy atom. The van der Waals surface area contributed by atoms with Gasteiger partial charge in [0.15, 0.2) is 0 Å². The van der Waals surface area contributed by atoms with Gasteiger partial charge in [-0.2, -0.15) is 26.3 Å². The molecule has 0 unspecified atom stereocenters. The fraction of sp³-hybridized carbons (Fsp3) is 0.227. The van der Waals surface area contributed by atoms with Gasteiger partial charge in [0.05, 0.1) is 24.9 Å². The van der Waals surface area contributed by atoms with Crippen molar-refractivity contribution in [1.82, 2.24) is 4.98 Å². The van der Waals surface area contributed by atoms with Gasteiger partial charge in [-0.15, -0.1) is 0 Å². The molecule has 0 aliphatic rings. The summed E-state index contributed by atoms with van der Waals surface area (Å²) in [5, 5.41) is 2.41. The number of pyridine rings is 1. The molecule has 0 atom stereocenters. The molecule has 0 aliphatic carbocycles. The molecule has 0 saturated carbocycles. The SMILES string of the molecule is C[Si](C)(C)c1ccc(-c2ncc(C(F)(F)F)cc2C(F)(F)F)c2oc3ccccc3c12. The summed E-state index contributed by atoms with van der Waals surface area (Å²) in [4.78, 5) is 3.61. The van der Waals surface area contributed by atoms with Crippen LogP contribution >= 0.6 is 0 Å². The number of rotatable bonds is 2. The molecular formula is C22H17F6NOSi. The topological polar surface area (TPSA) is 26.0 Å². The standard InChI is InChI=1S/C22H17F6NOSi/c1-31(2,3)17-9-8-14(20-18(17)13-6-4-5-7-16(13)30-20)19-15(22(26,27)28)10-12(11-29-19)21(23,24)25/h4-11H,1-3H3. The van der Waals surface area contributed by atoms with Gasteiger partial charge in [-0.05, 0) is 23.4 Å². The van der Waals surface area contributed by atoms with Gasteiger partial charge in [0.1, 0.15) is 11.2 Å². The van der Waals surface area contributed by atoms with Crippen LogP contribution in [0.25, 0.3) is 33.2 Å². The number of halogens is 6. The van der Waals surface area contributed by atoms with Crippen molar-refractivity contribution in [2.24, 2.45) is 0 Å². The molecule has 2 nitrogen and oxygen atoms in total. The molecule has 0 spiro atoms. The molecule has 2 aromatic heterocycles. The third-order valence-corrected chi connectivity index (χ3v) is 7.14. The number of benzene rings is 2. The smallest absolute Gasteiger partial charge is 0.418 e. The lowest BCUT2D eigenvalue weighted by Crippen LogP contribution is -2.38. The molecule has 0 saturated heterocycles. The normalized spacial score (nSPS) is 13.3. The van der Waals surface area contributed by atoms with E-state index in [9.17, 15) is 26.3 Å². The number of aromatic nitrogens is 1. The Bertz CT molecular complexity index is 1300. The number of furan rings is 1. The van der Waals surface area contributed by atoms with Crippen molar-refractivity contribution in [3.63, 3.8) is 0 Å². The van der Waals surface area contributed by atoms with Crippen LogP contribution in [0.3, 0.4) is 0 Å². The predicted octanol–water partition coefficient (Wildman–Crippen LogP) is 7.23. The van der Waals surface area contributed by atoms with E-state index in [1.165, 1.54) is 6.07 Å². The van der Waals surface area contributed by atoms with Crippen molar-refractivity contribution >= 4 is 35.2 Å². The van der Waals surface area contributed by atoms with Crippen molar-refractivity contribution in [1.29, 1.82) is 0 Å². The molecular weight excluding hydrogens is 436 g/mol. The van der Waals surface area contributed by atoms with Gasteiger partial charge in [0, 0.05) is 22.5 Å². The predicted molar refractivity (Wildman–Crippen MR) is 110 cm³/mol. The van der Waals surface area contributed by atoms with Gasteiger partial charge in [-0.3, -0.25) is 4.98 Å². The molecule has 0 radical (unpaired) electrons. The average Bonchev–Trinajstić information content (AvgIpc) is 3.04. The second kappa shape index (κ2) is 6.85. The zero-order valence-electron chi connectivity index (χ0n) is 16.7. The highest BCUT2D eigenvalue weighted by atomic mass is 28.3. The van der Waals surface area contributed by atoms with Crippen LogP contribution < -0.4 is 5.19 Å². The molecule has 0 amide bonds. The van der Waals surface area contributed by atoms with Crippen LogP contribution in [-0.2, 0) is 12.4 Å². The van der Waals surface area contributed by atoms with E-state index in [2.05, 4.69) is 24.6 Å². The Morgan fingerprint density at radius 3 is 2.16 bits per heavy atom. The maximum absolute atomic E-state index is 13.7. The van der Waals surface area contributed by atoms with Crippen LogP contribution in [0.2, 0.25) is 19.6 Å². The summed E-state index contributed by atoms with van der Waals surface area (Å²) < 4.78 is 86.3. The second-order valence-corrected chi connectivity index (χ2v) is 13.4. The Hall–Kier alpha value is -2.81. The van der Waals surface area contributed by atoms with E-state index in [0.717, 1.165) is 10.6 Å². The summed E-state index contributed by atoms with van der Waals surface area (Å²) in [5.74, 6) is 0. The largest absolute Gasteiger partial charge is 0.455 e. The minimum absolute atomic E-state index is 0.00856. The zero-order valence-corrected chi connectivity index (χ0v) is 17.7. The van der Waals surface area contributed by atoms with Gasteiger partial charge in [-0.25, -0.2) is 0 Å². The van der Waals surface area contributed by atoms with Gasteiger partial charge >= 0.3 is 12.4 Å². The lowest BCUT2D eigenvalue weighted by atomic mass is 10.0. The Balaban J connectivity index is 2.11. The Kier molecular flexibility index (Phi) is 4.73. The second-order valence-electron chi connectivity index (χ2n) is 8.33. The number of alkyl halides is 6. The van der Waals surface area contributed by atoms with E-state index in [4.69, 9.17) is 4.42 Å². The van der Waals surface area contributed by atoms with Gasteiger partial charge in [0.25, 0.3) is 0 Å². The zero-order chi connectivity index (χ0) is 22.8. The van der Waals surface area contributed by atoms with Crippen LogP contribution in [0.1, 0.15) is 11.1 Å². The summed E-state index contributed by atoms with van der Waals surface area (Å²) >= 11 is 0. The first-order chi connectivity index (χ1) is 14.3. The fourth-order valence-corrected chi connectivity index (χ4v) is 5.27. The van der Waals surface area contributed by atoms with Crippen LogP contribution in [-0.4, -0.2) is 13.1 Å². The number of hydrogen-bond donors (Lipinski definition) is 0. The van der Waals surface area contributed by atoms with Gasteiger partial charge in [-0.1, -0.05) is 43.9 Å². The maximum atomic E-state index is 13.7. The monoisotopic (exact) mass is 453 g/mol. The molecule has 4 rings (SSSR count). The van der Waals surface area contributed by atoms with Crippen LogP contribution in [0.5, 0.6) is 0 Å². The van der Waals surface area contributed by atoms with E-state index >= 15 is 0 Å². The molecule has 0 N–H and O–H groups in total. The van der Waals surface area contributed by atoms with Gasteiger partial charge in [0.2, 0.25) is 0 Å². The number of nitrogens with zero attached hydrogens (tertiary/aromatic N) is 1. The first-order valence-corrected chi connectivity index (χ1v) is 12.9. The lowest BCUT2D eigenvalue weighted by Gasteiger charge is -2.20. The molecule has 0 bridgehead atoms. The first kappa shape index (κ1) is 21.4. The summed E-state index contributed by atoms with van der Waals surface area (Å²) in [7, 11) is -1.94. The van der Waals surface area contributed by atoms with Crippen molar-refractivity contribution in [3.8, 4) is 11.3 Å². The van der Waals surface area contributed by atoms with Crippen molar-refractivity contribution in [2.45, 2.75) is 32.0 Å². The van der Waals surface area contributed by atoms with Crippen LogP contribution in [0.15, 0.2) is 53.1 Å². The quantitative estimate of drug-likeness (QED) is 0.236. The van der Waals surface area contributed by atoms with Crippen LogP contribution in [0.4, 0.5) is 26.3 Å². The first-order valence-electron chi connectivity index (χ1n) is 9.38. The molecule has 0 fully saturated rings. The van der Waals surface area contributed by atoms with E-state index < -0.39 is 37.2 Å². The summed E-state index contributed by atoms with van der Waals surface area (Å²) in [6, 6.07) is 10.4. The average molecular weight is 453 g/mol. The third-order valence-electron chi connectivity index (χ3n) is 5.11. The summed E-state index contributed by atoms with van der Waals surface area (Å²) in [5.41, 5.74) is -2.81. The minimum atomic E-state index is -5.03. The molecule has 9 heteroatoms. The molecule has 162 valence electrons. The third kappa shape index (κ3) is 3.71. The highest BCUT2D eigenvalue weighted by Gasteiger charge is 2.40. The molecule has 4 aromatic rings. The number of hydrogen-bond acceptors (Lipinski definition) is 2. The van der Waals surface area contributed by atoms with Crippen molar-refractivity contribution in [3.05, 3.63) is 59.8 Å². The molecule has 31 heavy (non-hydrogen) atoms. The Labute approximate surface area is 174 Å². The van der Waals surface area contributed by atoms with Crippen molar-refractivity contribution < 1.29 is 30.8 Å². The van der Waals surface area contributed by atoms with Crippen molar-refractivity contribution in [2.75, 3.05) is 0 Å². The molecule has 0 aliphatic heterocycles. The maximum Gasteiger partial charge on any atom is 0.418 e. The van der Waals surface area contributed by atoms with E-state index in [-0.39, 0.29) is 17.2 Å². The number of fused-ring (bicyclic) bond motifs is 3. The number of para-hydroxylation sites is 1. The van der Waals surface area contributed by atoms with Crippen LogP contribution in [0, 0.1) is 0 Å². The van der Waals surface area contributed by atoms with E-state index in [1.54, 1.807) is 24.3 Å². The lowest BCUT2D eigenvalue weighted by molar-refractivity contribution is -0.143. The fourth-order valence-electron chi connectivity index (χ4n) is 3.69. The summed E-state index contributed by atoms with van der Waals surface area (Å²) in [6.07, 6.45) is -9.55. The molecule has 2 aromatic carbocycles. The molecule has 2 heterocycles. The highest BCUT2D eigenvalue weighted by Crippen LogP contribution is 2.42. The van der Waals surface area contributed by atoms with Gasteiger partial charge < -0.3 is 4.42 Å². The highest BCUT2D eigenvalue weighted by molar-refractivity contribution is 6.90. The summed E-state index contributed by atoms with van der Waals surface area (Å²) in [6.45, 7) is 6.29. The Morgan fingerprint density at radius 1 is 0.871 bits per heavy atom. The minimum Gasteiger partial charge on any atom is -0.455 e. The van der Waals surface area contributed by atoms with E-state index in [1.807, 2.05) is 6.07 Å². The van der Waals surface area contributed by atoms with E-state index in [0.29, 0.717) is 17.2 Å².